The van der Waals surface area contributed by atoms with Gasteiger partial charge in [-0.2, -0.15) is 13.2 Å². The third-order valence-corrected chi connectivity index (χ3v) is 4.21. The summed E-state index contributed by atoms with van der Waals surface area (Å²) >= 11 is 0. The molecule has 1 heterocycles. The summed E-state index contributed by atoms with van der Waals surface area (Å²) in [6, 6.07) is 12.8. The van der Waals surface area contributed by atoms with Gasteiger partial charge in [-0.05, 0) is 42.5 Å². The Morgan fingerprint density at radius 1 is 0.833 bits per heavy atom. The number of benzene rings is 2. The fraction of sp³-hybridized carbons (Fsp3) is 0.278. The molecule has 0 saturated carbocycles. The normalized spacial score (nSPS) is 15.5. The molecule has 6 heteroatoms. The highest BCUT2D eigenvalue weighted by molar-refractivity contribution is 5.75. The maximum Gasteiger partial charge on any atom is 0.416 e. The number of nitrogens with zero attached hydrogens (tertiary/aromatic N) is 2. The molecule has 1 aliphatic rings. The van der Waals surface area contributed by atoms with E-state index in [1.165, 1.54) is 12.1 Å². The van der Waals surface area contributed by atoms with Crippen molar-refractivity contribution in [1.29, 1.82) is 0 Å². The van der Waals surface area contributed by atoms with Crippen LogP contribution >= 0.6 is 0 Å². The zero-order valence-electron chi connectivity index (χ0n) is 13.0. The Morgan fingerprint density at radius 2 is 1.42 bits per heavy atom. The second kappa shape index (κ2) is 6.55. The van der Waals surface area contributed by atoms with Gasteiger partial charge in [0, 0.05) is 43.1 Å². The van der Waals surface area contributed by atoms with E-state index >= 15 is 0 Å². The van der Waals surface area contributed by atoms with Gasteiger partial charge in [-0.3, -0.25) is 4.79 Å². The van der Waals surface area contributed by atoms with Gasteiger partial charge >= 0.3 is 6.18 Å². The molecule has 0 amide bonds. The molecule has 2 aromatic rings. The van der Waals surface area contributed by atoms with Crippen LogP contribution in [0.4, 0.5) is 24.5 Å². The number of alkyl halides is 3. The molecule has 126 valence electrons. The van der Waals surface area contributed by atoms with E-state index < -0.39 is 11.7 Å². The van der Waals surface area contributed by atoms with Crippen LogP contribution in [0.1, 0.15) is 15.9 Å². The molecule has 3 rings (SSSR count). The topological polar surface area (TPSA) is 23.6 Å². The van der Waals surface area contributed by atoms with Crippen molar-refractivity contribution in [2.45, 2.75) is 6.18 Å². The zero-order valence-corrected chi connectivity index (χ0v) is 13.0. The molecular weight excluding hydrogens is 317 g/mol. The Hall–Kier alpha value is -2.50. The molecule has 0 N–H and O–H groups in total. The largest absolute Gasteiger partial charge is 0.416 e. The smallest absolute Gasteiger partial charge is 0.368 e. The lowest BCUT2D eigenvalue weighted by atomic mass is 10.1. The molecule has 2 aromatic carbocycles. The quantitative estimate of drug-likeness (QED) is 0.797. The summed E-state index contributed by atoms with van der Waals surface area (Å²) in [5.41, 5.74) is 1.62. The lowest BCUT2D eigenvalue weighted by Gasteiger charge is -2.37. The van der Waals surface area contributed by atoms with Crippen LogP contribution in [0.5, 0.6) is 0 Å². The average Bonchev–Trinajstić information content (AvgIpc) is 2.61. The van der Waals surface area contributed by atoms with Gasteiger partial charge in [0.1, 0.15) is 6.29 Å². The minimum atomic E-state index is -4.32. The average molecular weight is 334 g/mol. The molecule has 0 spiro atoms. The van der Waals surface area contributed by atoms with E-state index in [0.29, 0.717) is 24.3 Å². The number of hydrogen-bond acceptors (Lipinski definition) is 3. The number of hydrogen-bond donors (Lipinski definition) is 0. The Kier molecular flexibility index (Phi) is 4.46. The minimum absolute atomic E-state index is 0.598. The zero-order chi connectivity index (χ0) is 17.2. The van der Waals surface area contributed by atoms with Gasteiger partial charge in [-0.1, -0.05) is 6.07 Å². The highest BCUT2D eigenvalue weighted by atomic mass is 19.4. The lowest BCUT2D eigenvalue weighted by Crippen LogP contribution is -2.46. The molecule has 0 atom stereocenters. The van der Waals surface area contributed by atoms with Gasteiger partial charge < -0.3 is 9.80 Å². The third-order valence-electron chi connectivity index (χ3n) is 4.21. The molecule has 3 nitrogen and oxygen atoms in total. The Balaban J connectivity index is 1.67. The van der Waals surface area contributed by atoms with Crippen LogP contribution < -0.4 is 9.80 Å². The van der Waals surface area contributed by atoms with Crippen molar-refractivity contribution in [3.8, 4) is 0 Å². The molecular formula is C18H17F3N2O. The van der Waals surface area contributed by atoms with Crippen molar-refractivity contribution in [1.82, 2.24) is 0 Å². The van der Waals surface area contributed by atoms with Crippen LogP contribution in [0.15, 0.2) is 48.5 Å². The summed E-state index contributed by atoms with van der Waals surface area (Å²) in [5.74, 6) is 0. The lowest BCUT2D eigenvalue weighted by molar-refractivity contribution is -0.137. The van der Waals surface area contributed by atoms with E-state index in [1.807, 2.05) is 17.0 Å². The van der Waals surface area contributed by atoms with Crippen LogP contribution in [-0.4, -0.2) is 32.5 Å². The van der Waals surface area contributed by atoms with Gasteiger partial charge in [0.05, 0.1) is 5.56 Å². The maximum atomic E-state index is 12.8. The molecule has 1 aliphatic heterocycles. The number of carbonyl (C=O) groups is 1. The Morgan fingerprint density at radius 3 is 1.96 bits per heavy atom. The van der Waals surface area contributed by atoms with Crippen molar-refractivity contribution >= 4 is 17.7 Å². The maximum absolute atomic E-state index is 12.8. The van der Waals surface area contributed by atoms with Crippen molar-refractivity contribution in [2.24, 2.45) is 0 Å². The molecule has 0 radical (unpaired) electrons. The van der Waals surface area contributed by atoms with Crippen LogP contribution in [0.2, 0.25) is 0 Å². The van der Waals surface area contributed by atoms with Crippen molar-refractivity contribution in [2.75, 3.05) is 36.0 Å². The van der Waals surface area contributed by atoms with E-state index in [4.69, 9.17) is 0 Å². The van der Waals surface area contributed by atoms with Gasteiger partial charge in [-0.25, -0.2) is 0 Å². The molecule has 1 fully saturated rings. The van der Waals surface area contributed by atoms with Gasteiger partial charge in [0.15, 0.2) is 0 Å². The van der Waals surface area contributed by atoms with Crippen molar-refractivity contribution in [3.05, 3.63) is 59.7 Å². The molecule has 0 unspecified atom stereocenters. The second-order valence-corrected chi connectivity index (χ2v) is 5.73. The number of carbonyl (C=O) groups excluding carboxylic acids is 1. The van der Waals surface area contributed by atoms with E-state index in [2.05, 4.69) is 4.90 Å². The summed E-state index contributed by atoms with van der Waals surface area (Å²) in [6.07, 6.45) is -3.52. The number of halogens is 3. The van der Waals surface area contributed by atoms with Crippen LogP contribution in [0.3, 0.4) is 0 Å². The fourth-order valence-electron chi connectivity index (χ4n) is 2.87. The molecule has 0 aromatic heterocycles. The van der Waals surface area contributed by atoms with Crippen molar-refractivity contribution in [3.63, 3.8) is 0 Å². The number of anilines is 2. The van der Waals surface area contributed by atoms with Gasteiger partial charge in [-0.15, -0.1) is 0 Å². The first-order valence-electron chi connectivity index (χ1n) is 7.70. The standard InChI is InChI=1S/C18H17F3N2O/c19-18(20,21)15-2-1-3-17(12-15)23-10-8-22(9-11-23)16-6-4-14(13-24)5-7-16/h1-7,12-13H,8-11H2. The summed E-state index contributed by atoms with van der Waals surface area (Å²) in [4.78, 5) is 14.8. The predicted molar refractivity (Wildman–Crippen MR) is 87.7 cm³/mol. The summed E-state index contributed by atoms with van der Waals surface area (Å²) in [7, 11) is 0. The Bertz CT molecular complexity index is 705. The molecule has 0 bridgehead atoms. The monoisotopic (exact) mass is 334 g/mol. The highest BCUT2D eigenvalue weighted by Gasteiger charge is 2.31. The molecule has 24 heavy (non-hydrogen) atoms. The van der Waals surface area contributed by atoms with Crippen molar-refractivity contribution < 1.29 is 18.0 Å². The first-order chi connectivity index (χ1) is 11.5. The second-order valence-electron chi connectivity index (χ2n) is 5.73. The van der Waals surface area contributed by atoms with Gasteiger partial charge in [0.25, 0.3) is 0 Å². The van der Waals surface area contributed by atoms with E-state index in [-0.39, 0.29) is 0 Å². The number of aldehydes is 1. The van der Waals surface area contributed by atoms with Crippen LogP contribution in [-0.2, 0) is 6.18 Å². The van der Waals surface area contributed by atoms with Crippen LogP contribution in [0, 0.1) is 0 Å². The number of piperazine rings is 1. The summed E-state index contributed by atoms with van der Waals surface area (Å²) in [6.45, 7) is 2.74. The van der Waals surface area contributed by atoms with E-state index in [9.17, 15) is 18.0 Å². The third kappa shape index (κ3) is 3.53. The first kappa shape index (κ1) is 16.4. The minimum Gasteiger partial charge on any atom is -0.368 e. The highest BCUT2D eigenvalue weighted by Crippen LogP contribution is 2.32. The van der Waals surface area contributed by atoms with E-state index in [0.717, 1.165) is 31.1 Å². The molecule has 0 aliphatic carbocycles. The molecule has 1 saturated heterocycles. The van der Waals surface area contributed by atoms with Gasteiger partial charge in [0.2, 0.25) is 0 Å². The fourth-order valence-corrected chi connectivity index (χ4v) is 2.87. The summed E-state index contributed by atoms with van der Waals surface area (Å²) < 4.78 is 38.5. The SMILES string of the molecule is O=Cc1ccc(N2CCN(c3cccc(C(F)(F)F)c3)CC2)cc1. The number of rotatable bonds is 3. The predicted octanol–water partition coefficient (Wildman–Crippen LogP) is 3.84. The van der Waals surface area contributed by atoms with Crippen LogP contribution in [0.25, 0.3) is 0 Å². The summed E-state index contributed by atoms with van der Waals surface area (Å²) in [5, 5.41) is 0. The first-order valence-corrected chi connectivity index (χ1v) is 7.70. The van der Waals surface area contributed by atoms with E-state index in [1.54, 1.807) is 18.2 Å². The Labute approximate surface area is 138 Å².